The highest BCUT2D eigenvalue weighted by molar-refractivity contribution is 8.18. The smallest absolute Gasteiger partial charge is 0.293 e. The van der Waals surface area contributed by atoms with E-state index in [-0.39, 0.29) is 22.7 Å². The molecule has 0 radical (unpaired) electrons. The summed E-state index contributed by atoms with van der Waals surface area (Å²) in [6.45, 7) is 5.13. The first-order valence-corrected chi connectivity index (χ1v) is 11.6. The Morgan fingerprint density at radius 2 is 1.85 bits per heavy atom. The van der Waals surface area contributed by atoms with E-state index in [0.717, 1.165) is 39.4 Å². The Bertz CT molecular complexity index is 1240. The molecule has 0 unspecified atom stereocenters. The van der Waals surface area contributed by atoms with Crippen molar-refractivity contribution in [1.29, 1.82) is 0 Å². The van der Waals surface area contributed by atoms with E-state index in [1.807, 2.05) is 50.2 Å². The number of ether oxygens (including phenoxy) is 1. The molecular formula is C25H22ClFN2O3S. The zero-order chi connectivity index (χ0) is 23.5. The number of hydrogen-bond acceptors (Lipinski definition) is 4. The molecule has 0 bridgehead atoms. The number of aryl methyl sites for hydroxylation is 1. The van der Waals surface area contributed by atoms with E-state index in [2.05, 4.69) is 4.57 Å². The normalized spacial score (nSPS) is 15.0. The van der Waals surface area contributed by atoms with Crippen LogP contribution in [0.2, 0.25) is 5.02 Å². The second-order valence-electron chi connectivity index (χ2n) is 7.64. The second kappa shape index (κ2) is 9.85. The van der Waals surface area contributed by atoms with Gasteiger partial charge in [0.15, 0.2) is 0 Å². The first kappa shape index (κ1) is 23.1. The number of rotatable bonds is 7. The third-order valence-corrected chi connectivity index (χ3v) is 6.70. The summed E-state index contributed by atoms with van der Waals surface area (Å²) in [6, 6.07) is 15.5. The summed E-state index contributed by atoms with van der Waals surface area (Å²) in [4.78, 5) is 26.9. The van der Waals surface area contributed by atoms with Crippen molar-refractivity contribution in [3.8, 4) is 5.75 Å². The van der Waals surface area contributed by atoms with Crippen LogP contribution in [-0.4, -0.2) is 27.2 Å². The fourth-order valence-corrected chi connectivity index (χ4v) is 4.74. The molecule has 1 aromatic heterocycles. The molecule has 0 saturated carbocycles. The van der Waals surface area contributed by atoms with Gasteiger partial charge in [-0.1, -0.05) is 35.9 Å². The number of carbonyl (C=O) groups is 2. The summed E-state index contributed by atoms with van der Waals surface area (Å²) >= 11 is 6.96. The molecule has 4 rings (SSSR count). The van der Waals surface area contributed by atoms with Crippen molar-refractivity contribution >= 4 is 40.6 Å². The number of para-hydroxylation sites is 1. The SMILES string of the molecule is Cc1cc(/C=C2\SC(=O)N(Cc3ccc(F)cc3Cl)C2=O)c(C)n1CCOc1ccccc1. The van der Waals surface area contributed by atoms with E-state index >= 15 is 0 Å². The lowest BCUT2D eigenvalue weighted by Gasteiger charge is -2.13. The number of carbonyl (C=O) groups excluding carboxylic acids is 2. The average Bonchev–Trinajstić information content (AvgIpc) is 3.20. The first-order valence-electron chi connectivity index (χ1n) is 10.4. The van der Waals surface area contributed by atoms with E-state index < -0.39 is 5.82 Å². The lowest BCUT2D eigenvalue weighted by Crippen LogP contribution is -2.27. The van der Waals surface area contributed by atoms with Gasteiger partial charge in [-0.3, -0.25) is 14.5 Å². The van der Waals surface area contributed by atoms with E-state index in [0.29, 0.717) is 23.6 Å². The van der Waals surface area contributed by atoms with Gasteiger partial charge in [0.1, 0.15) is 18.2 Å². The molecule has 8 heteroatoms. The molecule has 2 heterocycles. The standard InChI is InChI=1S/C25H22ClFN2O3S/c1-16-12-19(17(2)28(16)10-11-32-21-6-4-3-5-7-21)13-23-24(30)29(25(31)33-23)15-18-8-9-20(27)14-22(18)26/h3-9,12-14H,10-11,15H2,1-2H3/b23-13-. The van der Waals surface area contributed by atoms with Gasteiger partial charge in [-0.15, -0.1) is 0 Å². The molecule has 170 valence electrons. The third-order valence-electron chi connectivity index (χ3n) is 5.44. The average molecular weight is 485 g/mol. The van der Waals surface area contributed by atoms with Crippen molar-refractivity contribution in [2.24, 2.45) is 0 Å². The predicted octanol–water partition coefficient (Wildman–Crippen LogP) is 6.21. The predicted molar refractivity (Wildman–Crippen MR) is 129 cm³/mol. The van der Waals surface area contributed by atoms with Crippen molar-refractivity contribution in [2.45, 2.75) is 26.9 Å². The molecule has 0 aliphatic carbocycles. The van der Waals surface area contributed by atoms with E-state index in [4.69, 9.17) is 16.3 Å². The number of amides is 2. The molecule has 3 aromatic rings. The summed E-state index contributed by atoms with van der Waals surface area (Å²) in [5.41, 5.74) is 3.40. The quantitative estimate of drug-likeness (QED) is 0.374. The van der Waals surface area contributed by atoms with Crippen LogP contribution in [0.25, 0.3) is 6.08 Å². The van der Waals surface area contributed by atoms with E-state index in [1.165, 1.54) is 18.2 Å². The molecule has 0 N–H and O–H groups in total. The van der Waals surface area contributed by atoms with Gasteiger partial charge in [0, 0.05) is 16.4 Å². The summed E-state index contributed by atoms with van der Waals surface area (Å²) in [5, 5.41) is -0.198. The highest BCUT2D eigenvalue weighted by Gasteiger charge is 2.35. The molecule has 1 fully saturated rings. The molecular weight excluding hydrogens is 463 g/mol. The maximum atomic E-state index is 13.3. The second-order valence-corrected chi connectivity index (χ2v) is 9.04. The molecule has 2 aromatic carbocycles. The summed E-state index contributed by atoms with van der Waals surface area (Å²) in [6.07, 6.45) is 1.74. The van der Waals surface area contributed by atoms with Crippen molar-refractivity contribution in [2.75, 3.05) is 6.61 Å². The molecule has 1 aliphatic heterocycles. The largest absolute Gasteiger partial charge is 0.492 e. The van der Waals surface area contributed by atoms with Crippen molar-refractivity contribution in [3.63, 3.8) is 0 Å². The van der Waals surface area contributed by atoms with Crippen LogP contribution in [0.1, 0.15) is 22.5 Å². The van der Waals surface area contributed by atoms with Crippen LogP contribution in [0.4, 0.5) is 9.18 Å². The van der Waals surface area contributed by atoms with Crippen LogP contribution in [0, 0.1) is 19.7 Å². The summed E-state index contributed by atoms with van der Waals surface area (Å²) in [7, 11) is 0. The van der Waals surface area contributed by atoms with Gasteiger partial charge in [0.25, 0.3) is 11.1 Å². The topological polar surface area (TPSA) is 51.5 Å². The van der Waals surface area contributed by atoms with Crippen LogP contribution >= 0.6 is 23.4 Å². The van der Waals surface area contributed by atoms with Crippen LogP contribution < -0.4 is 4.74 Å². The number of nitrogens with zero attached hydrogens (tertiary/aromatic N) is 2. The van der Waals surface area contributed by atoms with Crippen molar-refractivity contribution in [3.05, 3.63) is 92.9 Å². The maximum Gasteiger partial charge on any atom is 0.293 e. The molecule has 0 spiro atoms. The van der Waals surface area contributed by atoms with Gasteiger partial charge in [-0.2, -0.15) is 0 Å². The van der Waals surface area contributed by atoms with Crippen LogP contribution in [0.15, 0.2) is 59.5 Å². The van der Waals surface area contributed by atoms with Gasteiger partial charge in [0.2, 0.25) is 0 Å². The van der Waals surface area contributed by atoms with Gasteiger partial charge in [0.05, 0.1) is 18.0 Å². The third kappa shape index (κ3) is 5.15. The lowest BCUT2D eigenvalue weighted by molar-refractivity contribution is -0.123. The Hall–Kier alpha value is -3.03. The van der Waals surface area contributed by atoms with Crippen molar-refractivity contribution < 1.29 is 18.7 Å². The zero-order valence-corrected chi connectivity index (χ0v) is 19.8. The minimum Gasteiger partial charge on any atom is -0.492 e. The molecule has 5 nitrogen and oxygen atoms in total. The fourth-order valence-electron chi connectivity index (χ4n) is 3.69. The minimum atomic E-state index is -0.470. The molecule has 33 heavy (non-hydrogen) atoms. The Morgan fingerprint density at radius 1 is 1.09 bits per heavy atom. The molecule has 1 aliphatic rings. The highest BCUT2D eigenvalue weighted by atomic mass is 35.5. The number of imide groups is 1. The van der Waals surface area contributed by atoms with Gasteiger partial charge < -0.3 is 9.30 Å². The van der Waals surface area contributed by atoms with Crippen LogP contribution in [0.3, 0.4) is 0 Å². The van der Waals surface area contributed by atoms with Gasteiger partial charge >= 0.3 is 0 Å². The van der Waals surface area contributed by atoms with Gasteiger partial charge in [-0.25, -0.2) is 4.39 Å². The van der Waals surface area contributed by atoms with Crippen LogP contribution in [0.5, 0.6) is 5.75 Å². The molecule has 1 saturated heterocycles. The maximum absolute atomic E-state index is 13.3. The molecule has 0 atom stereocenters. The zero-order valence-electron chi connectivity index (χ0n) is 18.2. The Balaban J connectivity index is 1.47. The Labute approximate surface area is 200 Å². The first-order chi connectivity index (χ1) is 15.8. The monoisotopic (exact) mass is 484 g/mol. The summed E-state index contributed by atoms with van der Waals surface area (Å²) < 4.78 is 21.2. The molecule has 2 amide bonds. The Kier molecular flexibility index (Phi) is 6.91. The minimum absolute atomic E-state index is 0.00301. The van der Waals surface area contributed by atoms with Crippen LogP contribution in [-0.2, 0) is 17.9 Å². The summed E-state index contributed by atoms with van der Waals surface area (Å²) in [5.74, 6) is -0.0416. The van der Waals surface area contributed by atoms with E-state index in [9.17, 15) is 14.0 Å². The van der Waals surface area contributed by atoms with Gasteiger partial charge in [-0.05, 0) is 73.1 Å². The Morgan fingerprint density at radius 3 is 2.58 bits per heavy atom. The lowest BCUT2D eigenvalue weighted by atomic mass is 10.2. The number of benzene rings is 2. The van der Waals surface area contributed by atoms with E-state index in [1.54, 1.807) is 6.08 Å². The number of aromatic nitrogens is 1. The number of hydrogen-bond donors (Lipinski definition) is 0. The fraction of sp³-hybridized carbons (Fsp3) is 0.200. The number of thioether (sulfide) groups is 1. The highest BCUT2D eigenvalue weighted by Crippen LogP contribution is 2.35. The van der Waals surface area contributed by atoms with Crippen molar-refractivity contribution in [1.82, 2.24) is 9.47 Å². The number of halogens is 2.